The lowest BCUT2D eigenvalue weighted by molar-refractivity contribution is -0.0140. The second-order valence-electron chi connectivity index (χ2n) is 3.68. The highest BCUT2D eigenvalue weighted by molar-refractivity contribution is 4.90. The fraction of sp³-hybridized carbons (Fsp3) is 1.00. The maximum absolute atomic E-state index is 5.74. The summed E-state index contributed by atoms with van der Waals surface area (Å²) >= 11 is 0. The third kappa shape index (κ3) is 1.42. The summed E-state index contributed by atoms with van der Waals surface area (Å²) in [7, 11) is 0. The molecule has 2 nitrogen and oxygen atoms in total. The van der Waals surface area contributed by atoms with Crippen LogP contribution in [0.5, 0.6) is 0 Å². The summed E-state index contributed by atoms with van der Waals surface area (Å²) in [5.41, 5.74) is 0. The smallest absolute Gasteiger partial charge is 0.0728 e. The van der Waals surface area contributed by atoms with Crippen molar-refractivity contribution in [1.82, 2.24) is 5.32 Å². The van der Waals surface area contributed by atoms with Gasteiger partial charge in [0.2, 0.25) is 0 Å². The van der Waals surface area contributed by atoms with Gasteiger partial charge in [-0.3, -0.25) is 0 Å². The van der Waals surface area contributed by atoms with E-state index in [1.807, 2.05) is 0 Å². The quantitative estimate of drug-likeness (QED) is 0.616. The number of hydrogen-bond donors (Lipinski definition) is 1. The van der Waals surface area contributed by atoms with Gasteiger partial charge in [0.25, 0.3) is 0 Å². The minimum absolute atomic E-state index is 0.540. The van der Waals surface area contributed by atoms with Gasteiger partial charge in [-0.05, 0) is 25.7 Å². The summed E-state index contributed by atoms with van der Waals surface area (Å²) in [6.07, 6.45) is 5.68. The Hall–Kier alpha value is -0.0800. The molecule has 64 valence electrons. The topological polar surface area (TPSA) is 21.3 Å². The van der Waals surface area contributed by atoms with Crippen LogP contribution in [0.3, 0.4) is 0 Å². The Morgan fingerprint density at radius 1 is 1.45 bits per heavy atom. The highest BCUT2D eigenvalue weighted by Gasteiger charge is 2.33. The molecule has 0 bridgehead atoms. The fourth-order valence-corrected chi connectivity index (χ4v) is 2.14. The standard InChI is InChI=1S/C9H17NO/c1-2-7-6-11-9-5-3-4-8(9)10-7/h7-10H,2-6H2,1H3. The van der Waals surface area contributed by atoms with Crippen molar-refractivity contribution in [2.45, 2.75) is 50.8 Å². The lowest BCUT2D eigenvalue weighted by atomic mass is 10.1. The molecular weight excluding hydrogens is 138 g/mol. The van der Waals surface area contributed by atoms with Crippen LogP contribution in [0.1, 0.15) is 32.6 Å². The van der Waals surface area contributed by atoms with Crippen LogP contribution in [0, 0.1) is 0 Å². The first-order chi connectivity index (χ1) is 5.40. The van der Waals surface area contributed by atoms with Gasteiger partial charge in [0, 0.05) is 12.1 Å². The fourth-order valence-electron chi connectivity index (χ4n) is 2.14. The lowest BCUT2D eigenvalue weighted by Gasteiger charge is -2.33. The van der Waals surface area contributed by atoms with Gasteiger partial charge in [0.15, 0.2) is 0 Å². The minimum atomic E-state index is 0.540. The molecule has 1 N–H and O–H groups in total. The van der Waals surface area contributed by atoms with E-state index in [4.69, 9.17) is 4.74 Å². The second kappa shape index (κ2) is 3.11. The number of fused-ring (bicyclic) bond motifs is 1. The van der Waals surface area contributed by atoms with Crippen LogP contribution in [0.2, 0.25) is 0 Å². The Morgan fingerprint density at radius 2 is 2.36 bits per heavy atom. The summed E-state index contributed by atoms with van der Waals surface area (Å²) in [6, 6.07) is 1.29. The largest absolute Gasteiger partial charge is 0.375 e. The van der Waals surface area contributed by atoms with Crippen molar-refractivity contribution < 1.29 is 4.74 Å². The molecule has 0 aromatic rings. The average Bonchev–Trinajstić information content (AvgIpc) is 2.50. The molecular formula is C9H17NO. The molecule has 0 amide bonds. The van der Waals surface area contributed by atoms with Crippen LogP contribution in [0.15, 0.2) is 0 Å². The van der Waals surface area contributed by atoms with E-state index >= 15 is 0 Å². The molecule has 0 radical (unpaired) electrons. The molecule has 1 saturated carbocycles. The van der Waals surface area contributed by atoms with Crippen molar-refractivity contribution in [1.29, 1.82) is 0 Å². The van der Waals surface area contributed by atoms with Gasteiger partial charge in [-0.15, -0.1) is 0 Å². The molecule has 3 atom stereocenters. The highest BCUT2D eigenvalue weighted by Crippen LogP contribution is 2.25. The van der Waals surface area contributed by atoms with Crippen LogP contribution in [0.25, 0.3) is 0 Å². The molecule has 1 heterocycles. The second-order valence-corrected chi connectivity index (χ2v) is 3.68. The first-order valence-corrected chi connectivity index (χ1v) is 4.78. The molecule has 2 aliphatic rings. The van der Waals surface area contributed by atoms with Gasteiger partial charge in [0.1, 0.15) is 0 Å². The maximum atomic E-state index is 5.74. The van der Waals surface area contributed by atoms with Crippen LogP contribution >= 0.6 is 0 Å². The van der Waals surface area contributed by atoms with Crippen molar-refractivity contribution in [3.8, 4) is 0 Å². The monoisotopic (exact) mass is 155 g/mol. The van der Waals surface area contributed by atoms with Gasteiger partial charge >= 0.3 is 0 Å². The average molecular weight is 155 g/mol. The van der Waals surface area contributed by atoms with Crippen molar-refractivity contribution in [3.63, 3.8) is 0 Å². The van der Waals surface area contributed by atoms with E-state index in [-0.39, 0.29) is 0 Å². The summed E-state index contributed by atoms with van der Waals surface area (Å²) < 4.78 is 5.74. The summed E-state index contributed by atoms with van der Waals surface area (Å²) in [5.74, 6) is 0. The molecule has 11 heavy (non-hydrogen) atoms. The van der Waals surface area contributed by atoms with E-state index in [9.17, 15) is 0 Å². The number of rotatable bonds is 1. The van der Waals surface area contributed by atoms with E-state index in [2.05, 4.69) is 12.2 Å². The SMILES string of the molecule is CCC1COC2CCCC2N1. The summed E-state index contributed by atoms with van der Waals surface area (Å²) in [6.45, 7) is 3.15. The molecule has 2 rings (SSSR count). The first kappa shape index (κ1) is 7.56. The van der Waals surface area contributed by atoms with Crippen LogP contribution in [-0.4, -0.2) is 24.8 Å². The normalized spacial score (nSPS) is 43.9. The Morgan fingerprint density at radius 3 is 3.18 bits per heavy atom. The number of nitrogens with one attached hydrogen (secondary N) is 1. The van der Waals surface area contributed by atoms with Gasteiger partial charge in [-0.1, -0.05) is 6.92 Å². The molecule has 2 fully saturated rings. The van der Waals surface area contributed by atoms with Gasteiger partial charge in [-0.25, -0.2) is 0 Å². The zero-order valence-electron chi connectivity index (χ0n) is 7.18. The zero-order chi connectivity index (χ0) is 7.68. The van der Waals surface area contributed by atoms with Crippen molar-refractivity contribution in [3.05, 3.63) is 0 Å². The van der Waals surface area contributed by atoms with Gasteiger partial charge < -0.3 is 10.1 Å². The van der Waals surface area contributed by atoms with Crippen molar-refractivity contribution >= 4 is 0 Å². The predicted octanol–water partition coefficient (Wildman–Crippen LogP) is 1.31. The van der Waals surface area contributed by atoms with E-state index in [1.165, 1.54) is 25.7 Å². The molecule has 2 heteroatoms. The first-order valence-electron chi connectivity index (χ1n) is 4.78. The third-order valence-electron chi connectivity index (χ3n) is 2.91. The highest BCUT2D eigenvalue weighted by atomic mass is 16.5. The molecule has 1 aliphatic carbocycles. The van der Waals surface area contributed by atoms with Gasteiger partial charge in [-0.2, -0.15) is 0 Å². The maximum Gasteiger partial charge on any atom is 0.0728 e. The molecule has 0 aromatic carbocycles. The van der Waals surface area contributed by atoms with Crippen LogP contribution in [0.4, 0.5) is 0 Å². The zero-order valence-corrected chi connectivity index (χ0v) is 7.18. The lowest BCUT2D eigenvalue weighted by Crippen LogP contribution is -2.51. The Bertz CT molecular complexity index is 138. The minimum Gasteiger partial charge on any atom is -0.375 e. The summed E-state index contributed by atoms with van der Waals surface area (Å²) in [4.78, 5) is 0. The molecule has 0 spiro atoms. The Labute approximate surface area is 68.3 Å². The van der Waals surface area contributed by atoms with Crippen molar-refractivity contribution in [2.24, 2.45) is 0 Å². The summed E-state index contributed by atoms with van der Waals surface area (Å²) in [5, 5.41) is 3.64. The van der Waals surface area contributed by atoms with Crippen molar-refractivity contribution in [2.75, 3.05) is 6.61 Å². The number of hydrogen-bond acceptors (Lipinski definition) is 2. The van der Waals surface area contributed by atoms with E-state index in [0.717, 1.165) is 6.61 Å². The Balaban J connectivity index is 1.91. The third-order valence-corrected chi connectivity index (χ3v) is 2.91. The predicted molar refractivity (Wildman–Crippen MR) is 44.6 cm³/mol. The number of morpholine rings is 1. The Kier molecular flexibility index (Phi) is 2.14. The van der Waals surface area contributed by atoms with E-state index < -0.39 is 0 Å². The van der Waals surface area contributed by atoms with E-state index in [0.29, 0.717) is 18.2 Å². The molecule has 3 unspecified atom stereocenters. The molecule has 1 saturated heterocycles. The van der Waals surface area contributed by atoms with E-state index in [1.54, 1.807) is 0 Å². The molecule has 1 aliphatic heterocycles. The van der Waals surface area contributed by atoms with Crippen LogP contribution in [-0.2, 0) is 4.74 Å². The molecule has 0 aromatic heterocycles. The number of ether oxygens (including phenoxy) is 1. The van der Waals surface area contributed by atoms with Crippen LogP contribution < -0.4 is 5.32 Å². The van der Waals surface area contributed by atoms with Gasteiger partial charge in [0.05, 0.1) is 12.7 Å².